The van der Waals surface area contributed by atoms with Gasteiger partial charge < -0.3 is 10.1 Å². The highest BCUT2D eigenvalue weighted by Gasteiger charge is 2.21. The van der Waals surface area contributed by atoms with Gasteiger partial charge in [0.15, 0.2) is 0 Å². The summed E-state index contributed by atoms with van der Waals surface area (Å²) >= 11 is 12.4. The lowest BCUT2D eigenvalue weighted by Crippen LogP contribution is -2.41. The van der Waals surface area contributed by atoms with Gasteiger partial charge in [-0.1, -0.05) is 36.2 Å². The number of benzene rings is 1. The first-order valence-corrected chi connectivity index (χ1v) is 7.11. The minimum absolute atomic E-state index is 0.173. The van der Waals surface area contributed by atoms with E-state index in [1.165, 1.54) is 0 Å². The van der Waals surface area contributed by atoms with Crippen molar-refractivity contribution in [3.05, 3.63) is 33.8 Å². The fourth-order valence-corrected chi connectivity index (χ4v) is 2.65. The van der Waals surface area contributed by atoms with Gasteiger partial charge in [0.05, 0.1) is 6.10 Å². The number of hydrogen-bond acceptors (Lipinski definition) is 2. The Balaban J connectivity index is 2.85. The van der Waals surface area contributed by atoms with Gasteiger partial charge >= 0.3 is 0 Å². The third kappa shape index (κ3) is 4.13. The van der Waals surface area contributed by atoms with E-state index in [1.54, 1.807) is 0 Å². The molecule has 0 saturated carbocycles. The summed E-state index contributed by atoms with van der Waals surface area (Å²) in [5.74, 6) is 0. The topological polar surface area (TPSA) is 21.3 Å². The smallest absolute Gasteiger partial charge is 0.0728 e. The van der Waals surface area contributed by atoms with Crippen molar-refractivity contribution in [3.63, 3.8) is 0 Å². The van der Waals surface area contributed by atoms with Gasteiger partial charge in [0, 0.05) is 22.7 Å². The van der Waals surface area contributed by atoms with Crippen LogP contribution in [-0.4, -0.2) is 25.8 Å². The van der Waals surface area contributed by atoms with Crippen LogP contribution in [0, 0.1) is 0 Å². The van der Waals surface area contributed by atoms with Gasteiger partial charge in [0.1, 0.15) is 0 Å². The molecular formula is C14H21Cl2NO. The Bertz CT molecular complexity index is 351. The van der Waals surface area contributed by atoms with Gasteiger partial charge in [-0.05, 0) is 44.5 Å². The Kier molecular flexibility index (Phi) is 7.02. The molecule has 2 atom stereocenters. The molecule has 0 aliphatic carbocycles. The Morgan fingerprint density at radius 1 is 1.22 bits per heavy atom. The Morgan fingerprint density at radius 3 is 2.28 bits per heavy atom. The molecule has 1 rings (SSSR count). The van der Waals surface area contributed by atoms with Crippen LogP contribution in [0.2, 0.25) is 10.0 Å². The molecule has 18 heavy (non-hydrogen) atoms. The van der Waals surface area contributed by atoms with E-state index in [-0.39, 0.29) is 12.1 Å². The highest BCUT2D eigenvalue weighted by atomic mass is 35.5. The van der Waals surface area contributed by atoms with Crippen LogP contribution in [0.4, 0.5) is 0 Å². The third-order valence-electron chi connectivity index (χ3n) is 3.09. The summed E-state index contributed by atoms with van der Waals surface area (Å²) in [5.41, 5.74) is 0.985. The van der Waals surface area contributed by atoms with Crippen molar-refractivity contribution in [1.82, 2.24) is 5.32 Å². The Labute approximate surface area is 120 Å². The van der Waals surface area contributed by atoms with Crippen LogP contribution in [0.15, 0.2) is 18.2 Å². The summed E-state index contributed by atoms with van der Waals surface area (Å²) < 4.78 is 5.75. The molecule has 0 aromatic heterocycles. The van der Waals surface area contributed by atoms with Crippen LogP contribution in [0.3, 0.4) is 0 Å². The average molecular weight is 290 g/mol. The molecule has 0 saturated heterocycles. The number of likely N-dealkylation sites (N-methyl/N-ethyl adjacent to an activating group) is 1. The second-order valence-corrected chi connectivity index (χ2v) is 5.02. The number of halogens is 2. The SMILES string of the molecule is CCOC(CC)C(Cc1c(Cl)cccc1Cl)NC. The lowest BCUT2D eigenvalue weighted by Gasteiger charge is -2.26. The van der Waals surface area contributed by atoms with Crippen molar-refractivity contribution in [2.24, 2.45) is 0 Å². The number of nitrogens with one attached hydrogen (secondary N) is 1. The van der Waals surface area contributed by atoms with Crippen LogP contribution in [0.5, 0.6) is 0 Å². The second-order valence-electron chi connectivity index (χ2n) is 4.20. The molecule has 0 amide bonds. The number of rotatable bonds is 7. The van der Waals surface area contributed by atoms with E-state index < -0.39 is 0 Å². The van der Waals surface area contributed by atoms with E-state index in [0.717, 1.165) is 18.4 Å². The Hall–Kier alpha value is -0.280. The van der Waals surface area contributed by atoms with Gasteiger partial charge in [0.2, 0.25) is 0 Å². The minimum atomic E-state index is 0.173. The molecule has 2 nitrogen and oxygen atoms in total. The lowest BCUT2D eigenvalue weighted by atomic mass is 9.99. The molecule has 0 fully saturated rings. The zero-order valence-electron chi connectivity index (χ0n) is 11.2. The largest absolute Gasteiger partial charge is 0.377 e. The zero-order chi connectivity index (χ0) is 13.5. The quantitative estimate of drug-likeness (QED) is 0.821. The van der Waals surface area contributed by atoms with Crippen molar-refractivity contribution < 1.29 is 4.74 Å². The highest BCUT2D eigenvalue weighted by molar-refractivity contribution is 6.36. The monoisotopic (exact) mass is 289 g/mol. The molecule has 0 aliphatic heterocycles. The van der Waals surface area contributed by atoms with Crippen molar-refractivity contribution >= 4 is 23.2 Å². The van der Waals surface area contributed by atoms with E-state index in [9.17, 15) is 0 Å². The second kappa shape index (κ2) is 8.00. The molecule has 4 heteroatoms. The molecule has 0 spiro atoms. The third-order valence-corrected chi connectivity index (χ3v) is 3.80. The molecule has 1 N–H and O–H groups in total. The van der Waals surface area contributed by atoms with Crippen molar-refractivity contribution in [2.75, 3.05) is 13.7 Å². The molecule has 1 aromatic carbocycles. The van der Waals surface area contributed by atoms with Crippen LogP contribution < -0.4 is 5.32 Å². The number of ether oxygens (including phenoxy) is 1. The average Bonchev–Trinajstić information content (AvgIpc) is 2.36. The highest BCUT2D eigenvalue weighted by Crippen LogP contribution is 2.26. The first-order chi connectivity index (χ1) is 8.63. The molecule has 2 unspecified atom stereocenters. The normalized spacial score (nSPS) is 14.5. The molecule has 0 radical (unpaired) electrons. The maximum absolute atomic E-state index is 6.20. The maximum atomic E-state index is 6.20. The fourth-order valence-electron chi connectivity index (χ4n) is 2.10. The maximum Gasteiger partial charge on any atom is 0.0728 e. The van der Waals surface area contributed by atoms with E-state index >= 15 is 0 Å². The summed E-state index contributed by atoms with van der Waals surface area (Å²) in [5, 5.41) is 4.73. The molecular weight excluding hydrogens is 269 g/mol. The standard InChI is InChI=1S/C14H21Cl2NO/c1-4-14(18-5-2)13(17-3)9-10-11(15)7-6-8-12(10)16/h6-8,13-14,17H,4-5,9H2,1-3H3. The van der Waals surface area contributed by atoms with Gasteiger partial charge in [-0.25, -0.2) is 0 Å². The number of hydrogen-bond donors (Lipinski definition) is 1. The van der Waals surface area contributed by atoms with Crippen LogP contribution >= 0.6 is 23.2 Å². The first-order valence-electron chi connectivity index (χ1n) is 6.35. The van der Waals surface area contributed by atoms with Crippen molar-refractivity contribution in [1.29, 1.82) is 0 Å². The van der Waals surface area contributed by atoms with Gasteiger partial charge in [-0.3, -0.25) is 0 Å². The summed E-state index contributed by atoms with van der Waals surface area (Å²) in [6.07, 6.45) is 1.90. The molecule has 102 valence electrons. The van der Waals surface area contributed by atoms with Crippen LogP contribution in [0.1, 0.15) is 25.8 Å². The molecule has 0 bridgehead atoms. The van der Waals surface area contributed by atoms with Crippen LogP contribution in [-0.2, 0) is 11.2 Å². The molecule has 1 aromatic rings. The Morgan fingerprint density at radius 2 is 1.83 bits per heavy atom. The minimum Gasteiger partial charge on any atom is -0.377 e. The van der Waals surface area contributed by atoms with E-state index in [2.05, 4.69) is 12.2 Å². The summed E-state index contributed by atoms with van der Waals surface area (Å²) in [4.78, 5) is 0. The van der Waals surface area contributed by atoms with E-state index in [4.69, 9.17) is 27.9 Å². The van der Waals surface area contributed by atoms with E-state index in [1.807, 2.05) is 32.2 Å². The summed E-state index contributed by atoms with van der Waals surface area (Å²) in [7, 11) is 1.94. The molecule has 0 heterocycles. The first kappa shape index (κ1) is 15.8. The van der Waals surface area contributed by atoms with Crippen LogP contribution in [0.25, 0.3) is 0 Å². The van der Waals surface area contributed by atoms with Gasteiger partial charge in [-0.2, -0.15) is 0 Å². The summed E-state index contributed by atoms with van der Waals surface area (Å²) in [6.45, 7) is 4.85. The van der Waals surface area contributed by atoms with Gasteiger partial charge in [-0.15, -0.1) is 0 Å². The van der Waals surface area contributed by atoms with E-state index in [0.29, 0.717) is 16.7 Å². The zero-order valence-corrected chi connectivity index (χ0v) is 12.7. The van der Waals surface area contributed by atoms with Gasteiger partial charge in [0.25, 0.3) is 0 Å². The predicted molar refractivity (Wildman–Crippen MR) is 78.7 cm³/mol. The predicted octanol–water partition coefficient (Wildman–Crippen LogP) is 3.94. The summed E-state index contributed by atoms with van der Waals surface area (Å²) in [6, 6.07) is 5.82. The lowest BCUT2D eigenvalue weighted by molar-refractivity contribution is 0.0339. The van der Waals surface area contributed by atoms with Crippen molar-refractivity contribution in [3.8, 4) is 0 Å². The van der Waals surface area contributed by atoms with Crippen molar-refractivity contribution in [2.45, 2.75) is 38.8 Å². The molecule has 0 aliphatic rings. The fraction of sp³-hybridized carbons (Fsp3) is 0.571.